The van der Waals surface area contributed by atoms with E-state index in [0.717, 1.165) is 40.8 Å². The average Bonchev–Trinajstić information content (AvgIpc) is 3.32. The fourth-order valence-electron chi connectivity index (χ4n) is 3.03. The van der Waals surface area contributed by atoms with Crippen molar-refractivity contribution >= 4 is 29.1 Å². The van der Waals surface area contributed by atoms with Gasteiger partial charge in [0.2, 0.25) is 5.91 Å². The topological polar surface area (TPSA) is 46.9 Å². The number of halogens is 2. The summed E-state index contributed by atoms with van der Waals surface area (Å²) in [5.41, 5.74) is 3.02. The van der Waals surface area contributed by atoms with Crippen molar-refractivity contribution in [1.29, 1.82) is 0 Å². The molecule has 128 valence electrons. The maximum absolute atomic E-state index is 12.2. The van der Waals surface area contributed by atoms with Crippen molar-refractivity contribution in [2.24, 2.45) is 5.92 Å². The fourth-order valence-corrected chi connectivity index (χ4v) is 3.29. The second-order valence-corrected chi connectivity index (χ2v) is 7.17. The van der Waals surface area contributed by atoms with Crippen molar-refractivity contribution < 1.29 is 4.79 Å². The molecule has 1 aromatic carbocycles. The van der Waals surface area contributed by atoms with Crippen molar-refractivity contribution in [3.8, 4) is 0 Å². The number of aromatic nitrogens is 2. The highest BCUT2D eigenvalue weighted by Gasteiger charge is 2.43. The third kappa shape index (κ3) is 3.76. The molecule has 0 aliphatic heterocycles. The van der Waals surface area contributed by atoms with Gasteiger partial charge in [-0.1, -0.05) is 35.3 Å². The van der Waals surface area contributed by atoms with Crippen molar-refractivity contribution in [2.45, 2.75) is 39.2 Å². The minimum atomic E-state index is 0.0919. The molecule has 0 bridgehead atoms. The van der Waals surface area contributed by atoms with E-state index in [-0.39, 0.29) is 11.8 Å². The summed E-state index contributed by atoms with van der Waals surface area (Å²) in [5.74, 6) is 0.563. The molecule has 6 heteroatoms. The van der Waals surface area contributed by atoms with Crippen LogP contribution in [0.25, 0.3) is 0 Å². The Bertz CT molecular complexity index is 739. The second kappa shape index (κ2) is 7.16. The molecular weight excluding hydrogens is 345 g/mol. The van der Waals surface area contributed by atoms with Crippen LogP contribution in [-0.2, 0) is 11.3 Å². The lowest BCUT2D eigenvalue weighted by atomic mass is 10.1. The highest BCUT2D eigenvalue weighted by atomic mass is 35.5. The Balaban J connectivity index is 1.42. The molecule has 1 aliphatic carbocycles. The summed E-state index contributed by atoms with van der Waals surface area (Å²) in [6.07, 6.45) is 1.75. The first kappa shape index (κ1) is 17.3. The van der Waals surface area contributed by atoms with Gasteiger partial charge in [0.15, 0.2) is 0 Å². The van der Waals surface area contributed by atoms with Gasteiger partial charge in [-0.25, -0.2) is 0 Å². The molecule has 1 heterocycles. The van der Waals surface area contributed by atoms with E-state index in [1.54, 1.807) is 0 Å². The lowest BCUT2D eigenvalue weighted by molar-refractivity contribution is -0.122. The van der Waals surface area contributed by atoms with Crippen LogP contribution in [0.15, 0.2) is 24.3 Å². The van der Waals surface area contributed by atoms with E-state index in [0.29, 0.717) is 12.5 Å². The van der Waals surface area contributed by atoms with Gasteiger partial charge in [0.05, 0.1) is 16.4 Å². The molecule has 1 saturated carbocycles. The first-order valence-electron chi connectivity index (χ1n) is 8.20. The Hall–Kier alpha value is -1.52. The third-order valence-electron chi connectivity index (χ3n) is 4.56. The van der Waals surface area contributed by atoms with Crippen molar-refractivity contribution in [2.75, 3.05) is 6.54 Å². The minimum Gasteiger partial charge on any atom is -0.356 e. The predicted octanol–water partition coefficient (Wildman–Crippen LogP) is 4.12. The average molecular weight is 366 g/mol. The molecule has 2 aromatic rings. The summed E-state index contributed by atoms with van der Waals surface area (Å²) in [7, 11) is 0. The van der Waals surface area contributed by atoms with Gasteiger partial charge in [0.25, 0.3) is 0 Å². The Labute approximate surface area is 152 Å². The van der Waals surface area contributed by atoms with E-state index < -0.39 is 0 Å². The number of amides is 1. The van der Waals surface area contributed by atoms with Crippen molar-refractivity contribution in [1.82, 2.24) is 15.1 Å². The lowest BCUT2D eigenvalue weighted by Crippen LogP contribution is -2.27. The van der Waals surface area contributed by atoms with Crippen LogP contribution in [0.5, 0.6) is 0 Å². The molecule has 1 fully saturated rings. The minimum absolute atomic E-state index is 0.0919. The molecule has 2 atom stereocenters. The van der Waals surface area contributed by atoms with Crippen LogP contribution in [0.1, 0.15) is 35.7 Å². The van der Waals surface area contributed by atoms with Gasteiger partial charge in [-0.3, -0.25) is 9.48 Å². The number of hydrogen-bond donors (Lipinski definition) is 1. The smallest absolute Gasteiger partial charge is 0.223 e. The molecular formula is C18H21Cl2N3O. The first-order chi connectivity index (χ1) is 11.5. The molecule has 3 rings (SSSR count). The van der Waals surface area contributed by atoms with Gasteiger partial charge in [-0.15, -0.1) is 0 Å². The van der Waals surface area contributed by atoms with Gasteiger partial charge < -0.3 is 5.32 Å². The standard InChI is InChI=1S/C18H21Cl2N3O/c1-11-17(20)12(2)23(22-11)9-3-8-21-18(24)16-10-15(16)13-4-6-14(19)7-5-13/h4-7,15-16H,3,8-10H2,1-2H3,(H,21,24). The van der Waals surface area contributed by atoms with Crippen LogP contribution in [-0.4, -0.2) is 22.2 Å². The Morgan fingerprint density at radius 2 is 2.00 bits per heavy atom. The molecule has 0 saturated heterocycles. The molecule has 2 unspecified atom stereocenters. The molecule has 0 spiro atoms. The number of benzene rings is 1. The number of carbonyl (C=O) groups is 1. The predicted molar refractivity (Wildman–Crippen MR) is 96.6 cm³/mol. The number of rotatable bonds is 6. The van der Waals surface area contributed by atoms with E-state index in [1.807, 2.05) is 42.8 Å². The molecule has 1 N–H and O–H groups in total. The van der Waals surface area contributed by atoms with Crippen LogP contribution in [0.4, 0.5) is 0 Å². The second-order valence-electron chi connectivity index (χ2n) is 6.35. The van der Waals surface area contributed by atoms with Gasteiger partial charge in [-0.05, 0) is 50.3 Å². The summed E-state index contributed by atoms with van der Waals surface area (Å²) < 4.78 is 1.90. The fraction of sp³-hybridized carbons (Fsp3) is 0.444. The summed E-state index contributed by atoms with van der Waals surface area (Å²) in [6, 6.07) is 7.77. The molecule has 1 amide bonds. The maximum atomic E-state index is 12.2. The van der Waals surface area contributed by atoms with Gasteiger partial charge in [-0.2, -0.15) is 5.10 Å². The Morgan fingerprint density at radius 1 is 1.29 bits per heavy atom. The number of carbonyl (C=O) groups excluding carboxylic acids is 1. The van der Waals surface area contributed by atoms with E-state index in [2.05, 4.69) is 10.4 Å². The number of aryl methyl sites for hydroxylation is 2. The highest BCUT2D eigenvalue weighted by molar-refractivity contribution is 6.31. The lowest BCUT2D eigenvalue weighted by Gasteiger charge is -2.07. The largest absolute Gasteiger partial charge is 0.356 e. The summed E-state index contributed by atoms with van der Waals surface area (Å²) >= 11 is 12.0. The van der Waals surface area contributed by atoms with Crippen LogP contribution >= 0.6 is 23.2 Å². The van der Waals surface area contributed by atoms with Crippen LogP contribution < -0.4 is 5.32 Å². The molecule has 1 aromatic heterocycles. The zero-order chi connectivity index (χ0) is 17.3. The zero-order valence-electron chi connectivity index (χ0n) is 13.9. The van der Waals surface area contributed by atoms with Crippen LogP contribution in [0.2, 0.25) is 10.0 Å². The summed E-state index contributed by atoms with van der Waals surface area (Å²) in [6.45, 7) is 5.27. The Morgan fingerprint density at radius 3 is 2.62 bits per heavy atom. The zero-order valence-corrected chi connectivity index (χ0v) is 15.4. The SMILES string of the molecule is Cc1nn(CCCNC(=O)C2CC2c2ccc(Cl)cc2)c(C)c1Cl. The van der Waals surface area contributed by atoms with Crippen LogP contribution in [0.3, 0.4) is 0 Å². The van der Waals surface area contributed by atoms with E-state index >= 15 is 0 Å². The molecule has 24 heavy (non-hydrogen) atoms. The quantitative estimate of drug-likeness (QED) is 0.782. The molecule has 1 aliphatic rings. The maximum Gasteiger partial charge on any atom is 0.223 e. The van der Waals surface area contributed by atoms with Gasteiger partial charge >= 0.3 is 0 Å². The monoisotopic (exact) mass is 365 g/mol. The third-order valence-corrected chi connectivity index (χ3v) is 5.36. The Kier molecular flexibility index (Phi) is 5.16. The summed E-state index contributed by atoms with van der Waals surface area (Å²) in [4.78, 5) is 12.2. The van der Waals surface area contributed by atoms with E-state index in [9.17, 15) is 4.79 Å². The number of hydrogen-bond acceptors (Lipinski definition) is 2. The molecule has 0 radical (unpaired) electrons. The van der Waals surface area contributed by atoms with Crippen LogP contribution in [0, 0.1) is 19.8 Å². The highest BCUT2D eigenvalue weighted by Crippen LogP contribution is 2.47. The molecule has 4 nitrogen and oxygen atoms in total. The van der Waals surface area contributed by atoms with E-state index in [1.165, 1.54) is 5.56 Å². The van der Waals surface area contributed by atoms with Crippen molar-refractivity contribution in [3.63, 3.8) is 0 Å². The first-order valence-corrected chi connectivity index (χ1v) is 8.95. The van der Waals surface area contributed by atoms with E-state index in [4.69, 9.17) is 23.2 Å². The summed E-state index contributed by atoms with van der Waals surface area (Å²) in [5, 5.41) is 8.87. The van der Waals surface area contributed by atoms with Gasteiger partial charge in [0.1, 0.15) is 0 Å². The number of nitrogens with zero attached hydrogens (tertiary/aromatic N) is 2. The van der Waals surface area contributed by atoms with Gasteiger partial charge in [0, 0.05) is 24.0 Å². The van der Waals surface area contributed by atoms with Crippen molar-refractivity contribution in [3.05, 3.63) is 51.3 Å². The normalized spacial score (nSPS) is 19.3. The number of nitrogens with one attached hydrogen (secondary N) is 1.